The molecule has 1 amide bonds. The Morgan fingerprint density at radius 2 is 1.92 bits per heavy atom. The van der Waals surface area contributed by atoms with Gasteiger partial charge in [-0.1, -0.05) is 30.3 Å². The first-order valence-corrected chi connectivity index (χ1v) is 8.14. The molecule has 0 aliphatic heterocycles. The van der Waals surface area contributed by atoms with Crippen molar-refractivity contribution in [2.75, 3.05) is 0 Å². The largest absolute Gasteiger partial charge is 0.338 e. The molecule has 0 bridgehead atoms. The predicted molar refractivity (Wildman–Crippen MR) is 93.1 cm³/mol. The summed E-state index contributed by atoms with van der Waals surface area (Å²) < 4.78 is 16.7. The van der Waals surface area contributed by atoms with Gasteiger partial charge in [-0.3, -0.25) is 4.79 Å². The Labute approximate surface area is 147 Å². The molecule has 0 fully saturated rings. The Morgan fingerprint density at radius 3 is 2.58 bits per heavy atom. The zero-order valence-corrected chi connectivity index (χ0v) is 14.5. The van der Waals surface area contributed by atoms with Crippen molar-refractivity contribution in [2.24, 2.45) is 7.05 Å². The van der Waals surface area contributed by atoms with E-state index in [0.29, 0.717) is 21.4 Å². The molecule has 0 radical (unpaired) electrons. The number of nitrogens with one attached hydrogen (secondary N) is 1. The quantitative estimate of drug-likeness (QED) is 0.738. The first-order chi connectivity index (χ1) is 11.6. The van der Waals surface area contributed by atoms with Crippen molar-refractivity contribution < 1.29 is 9.18 Å². The van der Waals surface area contributed by atoms with Gasteiger partial charge in [0.15, 0.2) is 0 Å². The average molecular weight is 388 g/mol. The Hall–Kier alpha value is -2.47. The third-order valence-corrected chi connectivity index (χ3v) is 4.42. The number of aryl methyl sites for hydroxylation is 1. The molecule has 0 spiro atoms. The number of hydrogen-bond donors (Lipinski definition) is 1. The number of rotatable bonds is 4. The first kappa shape index (κ1) is 16.4. The fourth-order valence-corrected chi connectivity index (χ4v) is 2.96. The van der Waals surface area contributed by atoms with Crippen LogP contribution in [0.2, 0.25) is 0 Å². The number of carbonyl (C=O) groups is 1. The molecule has 0 aliphatic carbocycles. The SMILES string of the molecule is Cn1ccnc1[C@H](NC(=O)c1ccccc1Br)c1ccccc1F. The van der Waals surface area contributed by atoms with Gasteiger partial charge in [0.1, 0.15) is 17.7 Å². The van der Waals surface area contributed by atoms with Crippen LogP contribution >= 0.6 is 15.9 Å². The molecule has 0 unspecified atom stereocenters. The molecule has 0 aliphatic rings. The van der Waals surface area contributed by atoms with Crippen molar-refractivity contribution in [3.8, 4) is 0 Å². The molecule has 6 heteroatoms. The summed E-state index contributed by atoms with van der Waals surface area (Å²) >= 11 is 3.37. The Kier molecular flexibility index (Phi) is 4.76. The minimum absolute atomic E-state index is 0.307. The molecule has 2 aromatic carbocycles. The van der Waals surface area contributed by atoms with Crippen LogP contribution in [0.25, 0.3) is 0 Å². The van der Waals surface area contributed by atoms with Crippen LogP contribution < -0.4 is 5.32 Å². The number of nitrogens with zero attached hydrogens (tertiary/aromatic N) is 2. The molecule has 122 valence electrons. The summed E-state index contributed by atoms with van der Waals surface area (Å²) in [4.78, 5) is 16.9. The highest BCUT2D eigenvalue weighted by Crippen LogP contribution is 2.24. The number of hydrogen-bond acceptors (Lipinski definition) is 2. The van der Waals surface area contributed by atoms with E-state index in [2.05, 4.69) is 26.2 Å². The summed E-state index contributed by atoms with van der Waals surface area (Å²) in [7, 11) is 1.81. The summed E-state index contributed by atoms with van der Waals surface area (Å²) in [5, 5.41) is 2.88. The maximum Gasteiger partial charge on any atom is 0.253 e. The maximum atomic E-state index is 14.3. The lowest BCUT2D eigenvalue weighted by Gasteiger charge is -2.20. The third-order valence-electron chi connectivity index (χ3n) is 3.73. The zero-order valence-electron chi connectivity index (χ0n) is 12.9. The minimum atomic E-state index is -0.689. The zero-order chi connectivity index (χ0) is 17.1. The predicted octanol–water partition coefficient (Wildman–Crippen LogP) is 3.84. The van der Waals surface area contributed by atoms with E-state index in [0.717, 1.165) is 0 Å². The maximum absolute atomic E-state index is 14.3. The van der Waals surface area contributed by atoms with Crippen LogP contribution in [0.3, 0.4) is 0 Å². The number of imidazole rings is 1. The number of halogens is 2. The minimum Gasteiger partial charge on any atom is -0.338 e. The van der Waals surface area contributed by atoms with Gasteiger partial charge in [0, 0.05) is 29.5 Å². The second-order valence-electron chi connectivity index (χ2n) is 5.30. The first-order valence-electron chi connectivity index (χ1n) is 7.35. The molecule has 1 atom stereocenters. The van der Waals surface area contributed by atoms with Gasteiger partial charge in [-0.15, -0.1) is 0 Å². The summed E-state index contributed by atoms with van der Waals surface area (Å²) in [5.74, 6) is -0.142. The van der Waals surface area contributed by atoms with E-state index >= 15 is 0 Å². The van der Waals surface area contributed by atoms with Gasteiger partial charge >= 0.3 is 0 Å². The normalized spacial score (nSPS) is 12.0. The van der Waals surface area contributed by atoms with Crippen molar-refractivity contribution in [1.29, 1.82) is 0 Å². The number of carbonyl (C=O) groups excluding carboxylic acids is 1. The number of aromatic nitrogens is 2. The van der Waals surface area contributed by atoms with Crippen LogP contribution in [0.4, 0.5) is 4.39 Å². The highest BCUT2D eigenvalue weighted by molar-refractivity contribution is 9.10. The van der Waals surface area contributed by atoms with Gasteiger partial charge in [0.2, 0.25) is 0 Å². The van der Waals surface area contributed by atoms with Crippen molar-refractivity contribution in [3.63, 3.8) is 0 Å². The molecule has 1 N–H and O–H groups in total. The van der Waals surface area contributed by atoms with Crippen LogP contribution in [0.15, 0.2) is 65.4 Å². The Balaban J connectivity index is 2.00. The van der Waals surface area contributed by atoms with E-state index in [1.165, 1.54) is 6.07 Å². The number of amides is 1. The third kappa shape index (κ3) is 3.23. The van der Waals surface area contributed by atoms with E-state index in [1.54, 1.807) is 60.4 Å². The molecule has 0 saturated heterocycles. The van der Waals surface area contributed by atoms with Gasteiger partial charge in [0.25, 0.3) is 5.91 Å². The molecular formula is C18H15BrFN3O. The van der Waals surface area contributed by atoms with Gasteiger partial charge in [0.05, 0.1) is 5.56 Å². The van der Waals surface area contributed by atoms with Crippen molar-refractivity contribution >= 4 is 21.8 Å². The Morgan fingerprint density at radius 1 is 1.21 bits per heavy atom. The van der Waals surface area contributed by atoms with Gasteiger partial charge in [-0.2, -0.15) is 0 Å². The molecule has 3 aromatic rings. The molecule has 4 nitrogen and oxygen atoms in total. The lowest BCUT2D eigenvalue weighted by atomic mass is 10.0. The molecule has 3 rings (SSSR count). The highest BCUT2D eigenvalue weighted by Gasteiger charge is 2.24. The highest BCUT2D eigenvalue weighted by atomic mass is 79.9. The van der Waals surface area contributed by atoms with Crippen molar-refractivity contribution in [1.82, 2.24) is 14.9 Å². The van der Waals surface area contributed by atoms with E-state index in [-0.39, 0.29) is 5.91 Å². The summed E-state index contributed by atoms with van der Waals surface area (Å²) in [5.41, 5.74) is 0.847. The van der Waals surface area contributed by atoms with Crippen LogP contribution in [-0.4, -0.2) is 15.5 Å². The number of benzene rings is 2. The molecule has 24 heavy (non-hydrogen) atoms. The van der Waals surface area contributed by atoms with Crippen molar-refractivity contribution in [2.45, 2.75) is 6.04 Å². The molecular weight excluding hydrogens is 373 g/mol. The average Bonchev–Trinajstić information content (AvgIpc) is 2.99. The van der Waals surface area contributed by atoms with E-state index in [9.17, 15) is 9.18 Å². The standard InChI is InChI=1S/C18H15BrFN3O/c1-23-11-10-21-17(23)16(13-7-3-5-9-15(13)20)22-18(24)12-6-2-4-8-14(12)19/h2-11,16H,1H3,(H,22,24)/t16-/m1/s1. The summed E-state index contributed by atoms with van der Waals surface area (Å²) in [6.45, 7) is 0. The molecule has 1 aromatic heterocycles. The fourth-order valence-electron chi connectivity index (χ4n) is 2.50. The van der Waals surface area contributed by atoms with Gasteiger partial charge in [-0.25, -0.2) is 9.37 Å². The topological polar surface area (TPSA) is 46.9 Å². The van der Waals surface area contributed by atoms with Crippen molar-refractivity contribution in [3.05, 3.63) is 88.2 Å². The lowest BCUT2D eigenvalue weighted by Crippen LogP contribution is -2.31. The Bertz CT molecular complexity index is 878. The molecule has 0 saturated carbocycles. The smallest absolute Gasteiger partial charge is 0.253 e. The fraction of sp³-hybridized carbons (Fsp3) is 0.111. The summed E-state index contributed by atoms with van der Waals surface area (Å²) in [6, 6.07) is 12.8. The second-order valence-corrected chi connectivity index (χ2v) is 6.16. The van der Waals surface area contributed by atoms with Crippen LogP contribution in [0.1, 0.15) is 27.8 Å². The van der Waals surface area contributed by atoms with Gasteiger partial charge < -0.3 is 9.88 Å². The van der Waals surface area contributed by atoms with E-state index < -0.39 is 11.9 Å². The van der Waals surface area contributed by atoms with Crippen LogP contribution in [0.5, 0.6) is 0 Å². The van der Waals surface area contributed by atoms with Crippen LogP contribution in [0, 0.1) is 5.82 Å². The monoisotopic (exact) mass is 387 g/mol. The second kappa shape index (κ2) is 6.97. The lowest BCUT2D eigenvalue weighted by molar-refractivity contribution is 0.0940. The van der Waals surface area contributed by atoms with E-state index in [4.69, 9.17) is 0 Å². The summed E-state index contributed by atoms with van der Waals surface area (Å²) in [6.07, 6.45) is 3.38. The van der Waals surface area contributed by atoms with Gasteiger partial charge in [-0.05, 0) is 34.1 Å². The van der Waals surface area contributed by atoms with E-state index in [1.807, 2.05) is 6.07 Å². The van der Waals surface area contributed by atoms with Crippen LogP contribution in [-0.2, 0) is 7.05 Å². The molecule has 1 heterocycles.